The molecule has 0 saturated carbocycles. The maximum absolute atomic E-state index is 12.2. The van der Waals surface area contributed by atoms with Crippen LogP contribution in [0, 0.1) is 0 Å². The zero-order chi connectivity index (χ0) is 28.6. The van der Waals surface area contributed by atoms with Crippen molar-refractivity contribution >= 4 is 28.5 Å². The van der Waals surface area contributed by atoms with Crippen molar-refractivity contribution in [3.63, 3.8) is 0 Å². The van der Waals surface area contributed by atoms with E-state index in [1.54, 1.807) is 6.07 Å². The van der Waals surface area contributed by atoms with Gasteiger partial charge in [-0.2, -0.15) is 0 Å². The minimum absolute atomic E-state index is 0.310. The van der Waals surface area contributed by atoms with Crippen LogP contribution in [0.4, 0.5) is 5.69 Å². The molecule has 6 heteroatoms. The van der Waals surface area contributed by atoms with Crippen molar-refractivity contribution in [3.8, 4) is 16.9 Å². The first kappa shape index (κ1) is 27.7. The number of ether oxygens (including phenoxy) is 1. The van der Waals surface area contributed by atoms with Crippen molar-refractivity contribution in [1.82, 2.24) is 0 Å². The molecule has 0 spiro atoms. The topological polar surface area (TPSA) is 88.8 Å². The van der Waals surface area contributed by atoms with Gasteiger partial charge in [0.2, 0.25) is 5.91 Å². The van der Waals surface area contributed by atoms with Crippen LogP contribution in [0.1, 0.15) is 48.6 Å². The number of fused-ring (bicyclic) bond motifs is 1. The molecule has 0 aliphatic rings. The summed E-state index contributed by atoms with van der Waals surface area (Å²) in [4.78, 5) is 23.2. The van der Waals surface area contributed by atoms with E-state index >= 15 is 0 Å². The molecule has 0 radical (unpaired) electrons. The Hall–Kier alpha value is -4.84. The predicted octanol–water partition coefficient (Wildman–Crippen LogP) is 8.03. The lowest BCUT2D eigenvalue weighted by Gasteiger charge is -2.15. The normalized spacial score (nSPS) is 11.0. The Bertz CT molecular complexity index is 1640. The first-order valence-electron chi connectivity index (χ1n) is 13.9. The van der Waals surface area contributed by atoms with Crippen LogP contribution in [-0.4, -0.2) is 17.0 Å². The SMILES string of the molecule is CCCCc1oc2ccccc2c1Cc1ccc(-c2ccc(NC(=O)CC(=O)O)c(OCc3ccccc3)c2)cc1. The Morgan fingerprint density at radius 3 is 2.34 bits per heavy atom. The lowest BCUT2D eigenvalue weighted by atomic mass is 9.97. The highest BCUT2D eigenvalue weighted by Gasteiger charge is 2.15. The monoisotopic (exact) mass is 547 g/mol. The minimum atomic E-state index is -1.19. The third kappa shape index (κ3) is 7.03. The molecule has 1 amide bonds. The number of carboxylic acid groups (broad SMARTS) is 1. The van der Waals surface area contributed by atoms with Gasteiger partial charge in [0.15, 0.2) is 0 Å². The molecule has 2 N–H and O–H groups in total. The van der Waals surface area contributed by atoms with E-state index in [0.717, 1.165) is 53.7 Å². The van der Waals surface area contributed by atoms with Crippen LogP contribution in [0.2, 0.25) is 0 Å². The largest absolute Gasteiger partial charge is 0.487 e. The van der Waals surface area contributed by atoms with E-state index in [9.17, 15) is 9.59 Å². The lowest BCUT2D eigenvalue weighted by molar-refractivity contribution is -0.139. The van der Waals surface area contributed by atoms with Gasteiger partial charge in [0.05, 0.1) is 5.69 Å². The molecule has 1 heterocycles. The van der Waals surface area contributed by atoms with E-state index in [1.807, 2.05) is 54.6 Å². The average molecular weight is 548 g/mol. The maximum Gasteiger partial charge on any atom is 0.312 e. The van der Waals surface area contributed by atoms with Gasteiger partial charge in [-0.1, -0.05) is 92.2 Å². The van der Waals surface area contributed by atoms with Gasteiger partial charge in [0.25, 0.3) is 0 Å². The van der Waals surface area contributed by atoms with Crippen LogP contribution in [0.15, 0.2) is 101 Å². The Balaban J connectivity index is 1.39. The molecule has 0 aliphatic heterocycles. The summed E-state index contributed by atoms with van der Waals surface area (Å²) in [5.74, 6) is -0.256. The smallest absolute Gasteiger partial charge is 0.312 e. The molecule has 0 aliphatic carbocycles. The van der Waals surface area contributed by atoms with Crippen LogP contribution >= 0.6 is 0 Å². The molecule has 5 rings (SSSR count). The summed E-state index contributed by atoms with van der Waals surface area (Å²) in [7, 11) is 0. The van der Waals surface area contributed by atoms with Gasteiger partial charge in [-0.15, -0.1) is 0 Å². The fourth-order valence-corrected chi connectivity index (χ4v) is 4.89. The summed E-state index contributed by atoms with van der Waals surface area (Å²) in [6.07, 6.45) is 3.31. The number of furan rings is 1. The highest BCUT2D eigenvalue weighted by Crippen LogP contribution is 2.33. The molecule has 41 heavy (non-hydrogen) atoms. The number of carbonyl (C=O) groups excluding carboxylic acids is 1. The number of nitrogens with one attached hydrogen (secondary N) is 1. The first-order valence-corrected chi connectivity index (χ1v) is 13.9. The number of hydrogen-bond acceptors (Lipinski definition) is 4. The number of carbonyl (C=O) groups is 2. The molecule has 0 bridgehead atoms. The van der Waals surface area contributed by atoms with Gasteiger partial charge in [-0.3, -0.25) is 9.59 Å². The molecular formula is C35H33NO5. The molecule has 5 aromatic rings. The summed E-state index contributed by atoms with van der Waals surface area (Å²) in [5.41, 5.74) is 6.71. The third-order valence-electron chi connectivity index (χ3n) is 7.01. The van der Waals surface area contributed by atoms with Gasteiger partial charge in [-0.25, -0.2) is 0 Å². The van der Waals surface area contributed by atoms with Gasteiger partial charge in [-0.05, 0) is 46.9 Å². The number of carboxylic acids is 1. The zero-order valence-corrected chi connectivity index (χ0v) is 23.1. The number of rotatable bonds is 12. The highest BCUT2D eigenvalue weighted by atomic mass is 16.5. The first-order chi connectivity index (χ1) is 20.0. The number of anilines is 1. The van der Waals surface area contributed by atoms with Crippen molar-refractivity contribution in [1.29, 1.82) is 0 Å². The Morgan fingerprint density at radius 2 is 1.59 bits per heavy atom. The van der Waals surface area contributed by atoms with Gasteiger partial charge >= 0.3 is 5.97 Å². The van der Waals surface area contributed by atoms with Gasteiger partial charge in [0, 0.05) is 23.8 Å². The number of unbranched alkanes of at least 4 members (excludes halogenated alkanes) is 1. The lowest BCUT2D eigenvalue weighted by Crippen LogP contribution is -2.16. The summed E-state index contributed by atoms with van der Waals surface area (Å²) < 4.78 is 12.3. The number of hydrogen-bond donors (Lipinski definition) is 2. The van der Waals surface area contributed by atoms with Gasteiger partial charge < -0.3 is 19.6 Å². The number of para-hydroxylation sites is 1. The van der Waals surface area contributed by atoms with E-state index in [-0.39, 0.29) is 0 Å². The van der Waals surface area contributed by atoms with E-state index < -0.39 is 18.3 Å². The van der Waals surface area contributed by atoms with Gasteiger partial charge in [0.1, 0.15) is 30.1 Å². The Labute approximate surface area is 239 Å². The molecular weight excluding hydrogens is 514 g/mol. The second-order valence-electron chi connectivity index (χ2n) is 10.1. The second kappa shape index (κ2) is 13.0. The fourth-order valence-electron chi connectivity index (χ4n) is 4.89. The molecule has 6 nitrogen and oxygen atoms in total. The fraction of sp³-hybridized carbons (Fsp3) is 0.200. The molecule has 0 unspecified atom stereocenters. The van der Waals surface area contributed by atoms with Crippen molar-refractivity contribution in [2.45, 2.75) is 45.6 Å². The quantitative estimate of drug-likeness (QED) is 0.154. The van der Waals surface area contributed by atoms with E-state index in [1.165, 1.54) is 16.5 Å². The summed E-state index contributed by atoms with van der Waals surface area (Å²) in [6.45, 7) is 2.50. The standard InChI is InChI=1S/C35H33NO5/c1-2-3-12-32-29(28-11-7-8-13-31(28)41-32)20-24-14-16-26(17-15-24)27-18-19-30(36-34(37)22-35(38)39)33(21-27)40-23-25-9-5-4-6-10-25/h4-11,13-19,21H,2-3,12,20,22-23H2,1H3,(H,36,37)(H,38,39). The second-order valence-corrected chi connectivity index (χ2v) is 10.1. The van der Waals surface area contributed by atoms with Crippen LogP contribution in [0.3, 0.4) is 0 Å². The molecule has 0 saturated heterocycles. The highest BCUT2D eigenvalue weighted by molar-refractivity contribution is 6.02. The van der Waals surface area contributed by atoms with E-state index in [0.29, 0.717) is 18.0 Å². The number of aliphatic carboxylic acids is 1. The summed E-state index contributed by atoms with van der Waals surface area (Å²) in [6, 6.07) is 31.9. The van der Waals surface area contributed by atoms with Crippen LogP contribution < -0.4 is 10.1 Å². The molecule has 1 aromatic heterocycles. The minimum Gasteiger partial charge on any atom is -0.487 e. The van der Waals surface area contributed by atoms with E-state index in [4.69, 9.17) is 14.3 Å². The van der Waals surface area contributed by atoms with Crippen molar-refractivity contribution in [3.05, 3.63) is 120 Å². The zero-order valence-electron chi connectivity index (χ0n) is 23.1. The average Bonchev–Trinajstić information content (AvgIpc) is 3.33. The van der Waals surface area contributed by atoms with Crippen molar-refractivity contribution in [2.24, 2.45) is 0 Å². The van der Waals surface area contributed by atoms with Crippen LogP contribution in [-0.2, 0) is 29.0 Å². The number of amides is 1. The Kier molecular flexibility index (Phi) is 8.79. The molecule has 0 atom stereocenters. The molecule has 208 valence electrons. The summed E-state index contributed by atoms with van der Waals surface area (Å²) in [5, 5.41) is 12.8. The molecule has 4 aromatic carbocycles. The van der Waals surface area contributed by atoms with Crippen LogP contribution in [0.25, 0.3) is 22.1 Å². The number of aryl methyl sites for hydroxylation is 1. The maximum atomic E-state index is 12.2. The van der Waals surface area contributed by atoms with E-state index in [2.05, 4.69) is 48.6 Å². The number of benzene rings is 4. The Morgan fingerprint density at radius 1 is 0.854 bits per heavy atom. The molecule has 0 fully saturated rings. The predicted molar refractivity (Wildman–Crippen MR) is 161 cm³/mol. The summed E-state index contributed by atoms with van der Waals surface area (Å²) >= 11 is 0. The van der Waals surface area contributed by atoms with Crippen molar-refractivity contribution in [2.75, 3.05) is 5.32 Å². The van der Waals surface area contributed by atoms with Crippen LogP contribution in [0.5, 0.6) is 5.75 Å². The van der Waals surface area contributed by atoms with Crippen molar-refractivity contribution < 1.29 is 23.8 Å². The third-order valence-corrected chi connectivity index (χ3v) is 7.01.